The predicted molar refractivity (Wildman–Crippen MR) is 120 cm³/mol. The number of benzene rings is 2. The monoisotopic (exact) mass is 424 g/mol. The molecule has 0 saturated carbocycles. The number of rotatable bonds is 8. The minimum absolute atomic E-state index is 0.339. The van der Waals surface area contributed by atoms with Crippen LogP contribution < -0.4 is 10.1 Å². The van der Waals surface area contributed by atoms with Crippen LogP contribution in [0.1, 0.15) is 16.8 Å². The number of thioether (sulfide) groups is 1. The first-order chi connectivity index (χ1) is 14.6. The largest absolute Gasteiger partial charge is 0.497 e. The summed E-state index contributed by atoms with van der Waals surface area (Å²) in [4.78, 5) is 30.0. The van der Waals surface area contributed by atoms with Gasteiger partial charge in [0.1, 0.15) is 11.8 Å². The molecule has 7 heteroatoms. The first-order valence-electron chi connectivity index (χ1n) is 9.49. The average molecular weight is 425 g/mol. The number of nitrogens with one attached hydrogen (secondary N) is 1. The third-order valence-corrected chi connectivity index (χ3v) is 5.37. The molecule has 1 N–H and O–H groups in total. The fourth-order valence-corrected chi connectivity index (χ4v) is 3.63. The molecule has 30 heavy (non-hydrogen) atoms. The third-order valence-electron chi connectivity index (χ3n) is 4.73. The Bertz CT molecular complexity index is 1050. The Kier molecular flexibility index (Phi) is 7.30. The van der Waals surface area contributed by atoms with Gasteiger partial charge in [-0.3, -0.25) is 4.79 Å². The van der Waals surface area contributed by atoms with Gasteiger partial charge in [-0.05, 0) is 42.7 Å². The standard InChI is InChI=1S/C23H24N2O4S/c1-28-16-8-6-7-15(13-16)21-14-18(17-9-4-5-10-19(17)24-21)22(26)25-20(11-12-30-3)23(27)29-2/h4-10,13-14,20H,11-12H2,1-3H3,(H,25,26). The van der Waals surface area contributed by atoms with E-state index in [1.54, 1.807) is 24.9 Å². The van der Waals surface area contributed by atoms with Crippen LogP contribution in [-0.2, 0) is 9.53 Å². The van der Waals surface area contributed by atoms with Gasteiger partial charge in [0.2, 0.25) is 0 Å². The lowest BCUT2D eigenvalue weighted by Gasteiger charge is -2.17. The van der Waals surface area contributed by atoms with E-state index in [0.29, 0.717) is 28.9 Å². The van der Waals surface area contributed by atoms with Crippen molar-refractivity contribution in [3.05, 3.63) is 60.2 Å². The van der Waals surface area contributed by atoms with Gasteiger partial charge in [0.05, 0.1) is 31.0 Å². The zero-order valence-electron chi connectivity index (χ0n) is 17.2. The molecule has 3 aromatic rings. The highest BCUT2D eigenvalue weighted by atomic mass is 32.2. The van der Waals surface area contributed by atoms with Gasteiger partial charge in [-0.1, -0.05) is 30.3 Å². The molecule has 0 aliphatic heterocycles. The van der Waals surface area contributed by atoms with E-state index < -0.39 is 12.0 Å². The fourth-order valence-electron chi connectivity index (χ4n) is 3.16. The lowest BCUT2D eigenvalue weighted by Crippen LogP contribution is -2.42. The number of ether oxygens (including phenoxy) is 2. The van der Waals surface area contributed by atoms with E-state index in [1.165, 1.54) is 7.11 Å². The van der Waals surface area contributed by atoms with Gasteiger partial charge in [-0.2, -0.15) is 11.8 Å². The van der Waals surface area contributed by atoms with Gasteiger partial charge < -0.3 is 14.8 Å². The summed E-state index contributed by atoms with van der Waals surface area (Å²) < 4.78 is 10.2. The molecule has 0 aliphatic rings. The average Bonchev–Trinajstić information content (AvgIpc) is 2.80. The number of methoxy groups -OCH3 is 2. The second-order valence-electron chi connectivity index (χ2n) is 6.63. The van der Waals surface area contributed by atoms with Crippen molar-refractivity contribution in [2.75, 3.05) is 26.2 Å². The first kappa shape index (κ1) is 21.6. The van der Waals surface area contributed by atoms with Crippen molar-refractivity contribution < 1.29 is 19.1 Å². The normalized spacial score (nSPS) is 11.7. The van der Waals surface area contributed by atoms with Gasteiger partial charge in [-0.15, -0.1) is 0 Å². The summed E-state index contributed by atoms with van der Waals surface area (Å²) in [6.45, 7) is 0. The maximum Gasteiger partial charge on any atom is 0.328 e. The summed E-state index contributed by atoms with van der Waals surface area (Å²) in [7, 11) is 2.93. The molecule has 3 rings (SSSR count). The molecule has 1 aromatic heterocycles. The highest BCUT2D eigenvalue weighted by Crippen LogP contribution is 2.27. The maximum absolute atomic E-state index is 13.2. The highest BCUT2D eigenvalue weighted by Gasteiger charge is 2.23. The van der Waals surface area contributed by atoms with E-state index in [4.69, 9.17) is 14.5 Å². The first-order valence-corrected chi connectivity index (χ1v) is 10.9. The van der Waals surface area contributed by atoms with Gasteiger partial charge in [0.25, 0.3) is 5.91 Å². The summed E-state index contributed by atoms with van der Waals surface area (Å²) in [5.41, 5.74) is 2.63. The summed E-state index contributed by atoms with van der Waals surface area (Å²) in [6.07, 6.45) is 2.44. The summed E-state index contributed by atoms with van der Waals surface area (Å²) in [5, 5.41) is 3.55. The molecule has 0 spiro atoms. The molecule has 1 amide bonds. The number of nitrogens with zero attached hydrogens (tertiary/aromatic N) is 1. The van der Waals surface area contributed by atoms with E-state index in [0.717, 1.165) is 16.7 Å². The van der Waals surface area contributed by atoms with Crippen molar-refractivity contribution in [1.29, 1.82) is 0 Å². The van der Waals surface area contributed by atoms with Crippen LogP contribution in [0, 0.1) is 0 Å². The van der Waals surface area contributed by atoms with Crippen molar-refractivity contribution in [2.24, 2.45) is 0 Å². The summed E-state index contributed by atoms with van der Waals surface area (Å²) in [6, 6.07) is 16.0. The molecule has 1 unspecified atom stereocenters. The molecule has 0 fully saturated rings. The second kappa shape index (κ2) is 10.1. The number of pyridine rings is 1. The Balaban J connectivity index is 2.03. The van der Waals surface area contributed by atoms with E-state index >= 15 is 0 Å². The maximum atomic E-state index is 13.2. The molecule has 2 aromatic carbocycles. The lowest BCUT2D eigenvalue weighted by molar-refractivity contribution is -0.142. The van der Waals surface area contributed by atoms with E-state index in [2.05, 4.69) is 5.32 Å². The van der Waals surface area contributed by atoms with Crippen LogP contribution in [0.25, 0.3) is 22.2 Å². The molecule has 1 atom stereocenters. The molecule has 0 saturated heterocycles. The number of hydrogen-bond donors (Lipinski definition) is 1. The molecule has 1 heterocycles. The number of hydrogen-bond acceptors (Lipinski definition) is 6. The van der Waals surface area contributed by atoms with Crippen LogP contribution in [0.5, 0.6) is 5.75 Å². The number of fused-ring (bicyclic) bond motifs is 1. The number of esters is 1. The fraction of sp³-hybridized carbons (Fsp3) is 0.261. The topological polar surface area (TPSA) is 77.5 Å². The van der Waals surface area contributed by atoms with Crippen LogP contribution in [0.3, 0.4) is 0 Å². The zero-order valence-corrected chi connectivity index (χ0v) is 18.0. The molecular weight excluding hydrogens is 400 g/mol. The summed E-state index contributed by atoms with van der Waals surface area (Å²) in [5.74, 6) is 0.640. The molecule has 0 aliphatic carbocycles. The van der Waals surface area contributed by atoms with Gasteiger partial charge >= 0.3 is 5.97 Å². The van der Waals surface area contributed by atoms with Crippen molar-refractivity contribution >= 4 is 34.5 Å². The SMILES string of the molecule is COC(=O)C(CCSC)NC(=O)c1cc(-c2cccc(OC)c2)nc2ccccc12. The van der Waals surface area contributed by atoms with Crippen LogP contribution in [0.15, 0.2) is 54.6 Å². The molecule has 0 radical (unpaired) electrons. The van der Waals surface area contributed by atoms with Crippen LogP contribution in [0.4, 0.5) is 0 Å². The van der Waals surface area contributed by atoms with Crippen LogP contribution >= 0.6 is 11.8 Å². The minimum atomic E-state index is -0.706. The molecule has 0 bridgehead atoms. The molecule has 156 valence electrons. The van der Waals surface area contributed by atoms with E-state index in [-0.39, 0.29) is 5.91 Å². The van der Waals surface area contributed by atoms with Gasteiger partial charge in [0, 0.05) is 10.9 Å². The Morgan fingerprint density at radius 3 is 2.63 bits per heavy atom. The quantitative estimate of drug-likeness (QED) is 0.552. The van der Waals surface area contributed by atoms with Crippen molar-refractivity contribution in [1.82, 2.24) is 10.3 Å². The molecule has 6 nitrogen and oxygen atoms in total. The van der Waals surface area contributed by atoms with E-state index in [1.807, 2.05) is 54.8 Å². The number of carbonyl (C=O) groups excluding carboxylic acids is 2. The van der Waals surface area contributed by atoms with Gasteiger partial charge in [0.15, 0.2) is 0 Å². The molecular formula is C23H24N2O4S. The number of aromatic nitrogens is 1. The Morgan fingerprint density at radius 1 is 1.10 bits per heavy atom. The van der Waals surface area contributed by atoms with Crippen LogP contribution in [-0.4, -0.2) is 49.1 Å². The number of carbonyl (C=O) groups is 2. The Morgan fingerprint density at radius 2 is 1.90 bits per heavy atom. The highest BCUT2D eigenvalue weighted by molar-refractivity contribution is 7.98. The predicted octanol–water partition coefficient (Wildman–Crippen LogP) is 3.93. The summed E-state index contributed by atoms with van der Waals surface area (Å²) >= 11 is 1.61. The minimum Gasteiger partial charge on any atom is -0.497 e. The van der Waals surface area contributed by atoms with Crippen molar-refractivity contribution in [2.45, 2.75) is 12.5 Å². The second-order valence-corrected chi connectivity index (χ2v) is 7.62. The lowest BCUT2D eigenvalue weighted by atomic mass is 10.0. The van der Waals surface area contributed by atoms with E-state index in [9.17, 15) is 9.59 Å². The number of para-hydroxylation sites is 1. The van der Waals surface area contributed by atoms with Crippen molar-refractivity contribution in [3.8, 4) is 17.0 Å². The zero-order chi connectivity index (χ0) is 21.5. The number of amides is 1. The Hall–Kier alpha value is -3.06. The van der Waals surface area contributed by atoms with Gasteiger partial charge in [-0.25, -0.2) is 9.78 Å². The third kappa shape index (κ3) is 4.91. The Labute approximate surface area is 180 Å². The van der Waals surface area contributed by atoms with Crippen molar-refractivity contribution in [3.63, 3.8) is 0 Å². The smallest absolute Gasteiger partial charge is 0.328 e. The van der Waals surface area contributed by atoms with Crippen LogP contribution in [0.2, 0.25) is 0 Å².